The number of benzene rings is 1. The SMILES string of the molecule is O=C(CN1CC(O)C(O)C1)N1CCSc2ccccc21. The summed E-state index contributed by atoms with van der Waals surface area (Å²) in [7, 11) is 0. The van der Waals surface area contributed by atoms with E-state index in [4.69, 9.17) is 0 Å². The summed E-state index contributed by atoms with van der Waals surface area (Å²) < 4.78 is 0. The Hall–Kier alpha value is -1.08. The molecule has 20 heavy (non-hydrogen) atoms. The maximum absolute atomic E-state index is 12.4. The number of fused-ring (bicyclic) bond motifs is 1. The van der Waals surface area contributed by atoms with Crippen LogP contribution in [0, 0.1) is 0 Å². The summed E-state index contributed by atoms with van der Waals surface area (Å²) in [4.78, 5) is 17.2. The molecule has 2 heterocycles. The summed E-state index contributed by atoms with van der Waals surface area (Å²) in [5, 5.41) is 19.1. The molecular weight excluding hydrogens is 276 g/mol. The molecule has 2 N–H and O–H groups in total. The van der Waals surface area contributed by atoms with Crippen LogP contribution >= 0.6 is 11.8 Å². The van der Waals surface area contributed by atoms with E-state index in [1.54, 1.807) is 11.8 Å². The number of para-hydroxylation sites is 1. The van der Waals surface area contributed by atoms with E-state index in [0.717, 1.165) is 16.3 Å². The topological polar surface area (TPSA) is 64.0 Å². The van der Waals surface area contributed by atoms with Gasteiger partial charge in [0.2, 0.25) is 5.91 Å². The molecule has 1 fully saturated rings. The van der Waals surface area contributed by atoms with Crippen molar-refractivity contribution in [2.75, 3.05) is 36.8 Å². The smallest absolute Gasteiger partial charge is 0.241 e. The van der Waals surface area contributed by atoms with Gasteiger partial charge in [-0.15, -0.1) is 11.8 Å². The third kappa shape index (κ3) is 2.69. The molecular formula is C14H18N2O3S. The number of hydrogen-bond donors (Lipinski definition) is 2. The highest BCUT2D eigenvalue weighted by molar-refractivity contribution is 7.99. The van der Waals surface area contributed by atoms with E-state index in [9.17, 15) is 15.0 Å². The maximum atomic E-state index is 12.4. The van der Waals surface area contributed by atoms with Crippen molar-refractivity contribution in [3.8, 4) is 0 Å². The first-order chi connectivity index (χ1) is 9.65. The van der Waals surface area contributed by atoms with Crippen molar-refractivity contribution in [3.05, 3.63) is 24.3 Å². The average molecular weight is 294 g/mol. The molecule has 0 radical (unpaired) electrons. The lowest BCUT2D eigenvalue weighted by Gasteiger charge is -2.30. The summed E-state index contributed by atoms with van der Waals surface area (Å²) in [5.74, 6) is 0.924. The Kier molecular flexibility index (Phi) is 3.98. The number of aliphatic hydroxyl groups excluding tert-OH is 2. The Morgan fingerprint density at radius 3 is 2.70 bits per heavy atom. The number of likely N-dealkylation sites (tertiary alicyclic amines) is 1. The zero-order valence-electron chi connectivity index (χ0n) is 11.1. The largest absolute Gasteiger partial charge is 0.389 e. The minimum atomic E-state index is -0.744. The van der Waals surface area contributed by atoms with Gasteiger partial charge in [-0.1, -0.05) is 12.1 Å². The second-order valence-corrected chi connectivity index (χ2v) is 6.33. The van der Waals surface area contributed by atoms with Crippen LogP contribution in [-0.2, 0) is 4.79 Å². The quantitative estimate of drug-likeness (QED) is 0.814. The second-order valence-electron chi connectivity index (χ2n) is 5.19. The number of β-amino-alcohol motifs (C(OH)–C–C–N with tert-alkyl or cyclic N) is 2. The number of nitrogens with zero attached hydrogens (tertiary/aromatic N) is 2. The van der Waals surface area contributed by atoms with Gasteiger partial charge in [0, 0.05) is 30.3 Å². The van der Waals surface area contributed by atoms with Gasteiger partial charge in [-0.05, 0) is 12.1 Å². The van der Waals surface area contributed by atoms with Crippen molar-refractivity contribution in [2.24, 2.45) is 0 Å². The van der Waals surface area contributed by atoms with Gasteiger partial charge >= 0.3 is 0 Å². The van der Waals surface area contributed by atoms with Crippen molar-refractivity contribution in [1.82, 2.24) is 4.90 Å². The zero-order valence-corrected chi connectivity index (χ0v) is 11.9. The minimum absolute atomic E-state index is 0.0269. The van der Waals surface area contributed by atoms with E-state index in [-0.39, 0.29) is 12.5 Å². The zero-order chi connectivity index (χ0) is 14.1. The van der Waals surface area contributed by atoms with E-state index < -0.39 is 12.2 Å². The molecule has 0 spiro atoms. The fourth-order valence-corrected chi connectivity index (χ4v) is 3.68. The van der Waals surface area contributed by atoms with Gasteiger partial charge in [0.1, 0.15) is 0 Å². The molecule has 2 atom stereocenters. The van der Waals surface area contributed by atoms with E-state index in [2.05, 4.69) is 0 Å². The van der Waals surface area contributed by atoms with Crippen molar-refractivity contribution in [2.45, 2.75) is 17.1 Å². The summed E-state index contributed by atoms with van der Waals surface area (Å²) in [6, 6.07) is 7.91. The van der Waals surface area contributed by atoms with Crippen molar-refractivity contribution >= 4 is 23.4 Å². The van der Waals surface area contributed by atoms with Crippen LogP contribution in [0.1, 0.15) is 0 Å². The molecule has 0 saturated carbocycles. The molecule has 2 aliphatic heterocycles. The molecule has 1 amide bonds. The number of hydrogen-bond acceptors (Lipinski definition) is 5. The van der Waals surface area contributed by atoms with Crippen LogP contribution in [0.25, 0.3) is 0 Å². The molecule has 2 unspecified atom stereocenters. The molecule has 0 aromatic heterocycles. The predicted molar refractivity (Wildman–Crippen MR) is 78.0 cm³/mol. The van der Waals surface area contributed by atoms with E-state index in [0.29, 0.717) is 19.6 Å². The van der Waals surface area contributed by atoms with Gasteiger partial charge in [0.15, 0.2) is 0 Å². The standard InChI is InChI=1S/C14H18N2O3S/c17-11-7-15(8-12(11)18)9-14(19)16-5-6-20-13-4-2-1-3-10(13)16/h1-4,11-12,17-18H,5-9H2. The third-order valence-corrected chi connectivity index (χ3v) is 4.77. The number of thioether (sulfide) groups is 1. The average Bonchev–Trinajstić information content (AvgIpc) is 2.76. The van der Waals surface area contributed by atoms with Crippen LogP contribution in [0.2, 0.25) is 0 Å². The van der Waals surface area contributed by atoms with Gasteiger partial charge in [-0.25, -0.2) is 0 Å². The molecule has 108 valence electrons. The molecule has 3 rings (SSSR count). The highest BCUT2D eigenvalue weighted by Crippen LogP contribution is 2.34. The molecule has 1 aromatic carbocycles. The van der Waals surface area contributed by atoms with Crippen LogP contribution in [-0.4, -0.2) is 65.2 Å². The van der Waals surface area contributed by atoms with E-state index in [1.165, 1.54) is 0 Å². The molecule has 1 saturated heterocycles. The van der Waals surface area contributed by atoms with Crippen LogP contribution in [0.3, 0.4) is 0 Å². The summed E-state index contributed by atoms with van der Waals surface area (Å²) in [5.41, 5.74) is 0.967. The molecule has 2 aliphatic rings. The van der Waals surface area contributed by atoms with Gasteiger partial charge in [0.05, 0.1) is 24.4 Å². The van der Waals surface area contributed by atoms with Crippen molar-refractivity contribution < 1.29 is 15.0 Å². The predicted octanol–water partition coefficient (Wildman–Crippen LogP) is 0.163. The molecule has 0 aliphatic carbocycles. The monoisotopic (exact) mass is 294 g/mol. The Balaban J connectivity index is 1.70. The van der Waals surface area contributed by atoms with Gasteiger partial charge in [-0.3, -0.25) is 9.69 Å². The lowest BCUT2D eigenvalue weighted by Crippen LogP contribution is -2.42. The highest BCUT2D eigenvalue weighted by atomic mass is 32.2. The lowest BCUT2D eigenvalue weighted by atomic mass is 10.2. The number of carbonyl (C=O) groups excluding carboxylic acids is 1. The summed E-state index contributed by atoms with van der Waals surface area (Å²) in [6.07, 6.45) is -1.49. The number of amides is 1. The molecule has 1 aromatic rings. The first kappa shape index (κ1) is 13.9. The summed E-state index contributed by atoms with van der Waals surface area (Å²) >= 11 is 1.77. The van der Waals surface area contributed by atoms with E-state index in [1.807, 2.05) is 34.1 Å². The normalized spacial score (nSPS) is 26.6. The van der Waals surface area contributed by atoms with Crippen LogP contribution in [0.15, 0.2) is 29.2 Å². The number of rotatable bonds is 2. The summed E-state index contributed by atoms with van der Waals surface area (Å²) in [6.45, 7) is 1.67. The second kappa shape index (κ2) is 5.73. The Morgan fingerprint density at radius 2 is 1.95 bits per heavy atom. The molecule has 5 nitrogen and oxygen atoms in total. The van der Waals surface area contributed by atoms with Crippen molar-refractivity contribution in [1.29, 1.82) is 0 Å². The van der Waals surface area contributed by atoms with Crippen LogP contribution < -0.4 is 4.90 Å². The first-order valence-electron chi connectivity index (χ1n) is 6.76. The van der Waals surface area contributed by atoms with Gasteiger partial charge in [0.25, 0.3) is 0 Å². The Bertz CT molecular complexity index is 501. The van der Waals surface area contributed by atoms with Crippen LogP contribution in [0.5, 0.6) is 0 Å². The number of aliphatic hydroxyl groups is 2. The fraction of sp³-hybridized carbons (Fsp3) is 0.500. The molecule has 0 bridgehead atoms. The van der Waals surface area contributed by atoms with Crippen LogP contribution in [0.4, 0.5) is 5.69 Å². The third-order valence-electron chi connectivity index (χ3n) is 3.72. The number of anilines is 1. The fourth-order valence-electron chi connectivity index (χ4n) is 2.68. The van der Waals surface area contributed by atoms with Gasteiger partial charge in [-0.2, -0.15) is 0 Å². The van der Waals surface area contributed by atoms with Crippen molar-refractivity contribution in [3.63, 3.8) is 0 Å². The highest BCUT2D eigenvalue weighted by Gasteiger charge is 2.32. The molecule has 6 heteroatoms. The van der Waals surface area contributed by atoms with E-state index >= 15 is 0 Å². The minimum Gasteiger partial charge on any atom is -0.389 e. The Morgan fingerprint density at radius 1 is 1.25 bits per heavy atom. The number of carbonyl (C=O) groups is 1. The maximum Gasteiger partial charge on any atom is 0.241 e. The lowest BCUT2D eigenvalue weighted by molar-refractivity contribution is -0.119. The Labute approximate surface area is 122 Å². The first-order valence-corrected chi connectivity index (χ1v) is 7.74. The van der Waals surface area contributed by atoms with Gasteiger partial charge < -0.3 is 15.1 Å².